The van der Waals surface area contributed by atoms with E-state index in [1.807, 2.05) is 64.1 Å². The van der Waals surface area contributed by atoms with Gasteiger partial charge in [-0.05, 0) is 37.1 Å². The Hall–Kier alpha value is -2.68. The second-order valence-corrected chi connectivity index (χ2v) is 5.07. The summed E-state index contributed by atoms with van der Waals surface area (Å²) in [7, 11) is 0. The molecule has 0 unspecified atom stereocenters. The van der Waals surface area contributed by atoms with Crippen LogP contribution in [-0.4, -0.2) is 9.97 Å². The van der Waals surface area contributed by atoms with E-state index < -0.39 is 0 Å². The predicted molar refractivity (Wildman–Crippen MR) is 109 cm³/mol. The second-order valence-electron chi connectivity index (χ2n) is 5.07. The van der Waals surface area contributed by atoms with E-state index in [0.29, 0.717) is 5.95 Å². The smallest absolute Gasteiger partial charge is 0.227 e. The van der Waals surface area contributed by atoms with Gasteiger partial charge in [-0.25, -0.2) is 9.97 Å². The van der Waals surface area contributed by atoms with Crippen LogP contribution >= 0.6 is 0 Å². The highest BCUT2D eigenvalue weighted by Gasteiger charge is 2.04. The van der Waals surface area contributed by atoms with Crippen LogP contribution in [0.5, 0.6) is 0 Å². The van der Waals surface area contributed by atoms with Gasteiger partial charge in [-0.3, -0.25) is 0 Å². The number of nitrogens with one attached hydrogen (secondary N) is 1. The van der Waals surface area contributed by atoms with Gasteiger partial charge in [-0.1, -0.05) is 70.2 Å². The van der Waals surface area contributed by atoms with Crippen LogP contribution in [0.4, 0.5) is 11.6 Å². The van der Waals surface area contributed by atoms with E-state index in [2.05, 4.69) is 47.3 Å². The Labute approximate surface area is 152 Å². The topological polar surface area (TPSA) is 37.8 Å². The number of aryl methyl sites for hydroxylation is 2. The van der Waals surface area contributed by atoms with E-state index in [1.54, 1.807) is 6.20 Å². The van der Waals surface area contributed by atoms with Crippen LogP contribution < -0.4 is 5.32 Å². The molecule has 0 radical (unpaired) electrons. The molecular weight excluding hydrogens is 306 g/mol. The zero-order chi connectivity index (χ0) is 18.7. The summed E-state index contributed by atoms with van der Waals surface area (Å²) in [5.74, 6) is 0.616. The van der Waals surface area contributed by atoms with Gasteiger partial charge in [0.2, 0.25) is 5.95 Å². The predicted octanol–water partition coefficient (Wildman–Crippen LogP) is 6.56. The summed E-state index contributed by atoms with van der Waals surface area (Å²) in [6.45, 7) is 12.1. The fraction of sp³-hybridized carbons (Fsp3) is 0.273. The molecule has 0 fully saturated rings. The van der Waals surface area contributed by atoms with Crippen molar-refractivity contribution < 1.29 is 0 Å². The summed E-state index contributed by atoms with van der Waals surface area (Å²) in [6.07, 6.45) is 1.78. The lowest BCUT2D eigenvalue weighted by Crippen LogP contribution is -1.99. The molecule has 1 heterocycles. The van der Waals surface area contributed by atoms with Crippen LogP contribution in [0.3, 0.4) is 0 Å². The van der Waals surface area contributed by atoms with E-state index in [1.165, 1.54) is 11.1 Å². The fourth-order valence-corrected chi connectivity index (χ4v) is 2.18. The Morgan fingerprint density at radius 2 is 1.48 bits per heavy atom. The fourth-order valence-electron chi connectivity index (χ4n) is 2.18. The maximum Gasteiger partial charge on any atom is 0.227 e. The summed E-state index contributed by atoms with van der Waals surface area (Å²) < 4.78 is 0. The molecule has 0 amide bonds. The van der Waals surface area contributed by atoms with E-state index in [9.17, 15) is 0 Å². The quantitative estimate of drug-likeness (QED) is 0.589. The van der Waals surface area contributed by atoms with Crippen molar-refractivity contribution in [1.29, 1.82) is 0 Å². The monoisotopic (exact) mass is 335 g/mol. The van der Waals surface area contributed by atoms with Crippen molar-refractivity contribution in [2.45, 2.75) is 41.5 Å². The Bertz CT molecular complexity index is 752. The van der Waals surface area contributed by atoms with Crippen LogP contribution in [0.25, 0.3) is 11.3 Å². The molecule has 0 aliphatic heterocycles. The lowest BCUT2D eigenvalue weighted by molar-refractivity contribution is 1.16. The molecule has 0 atom stereocenters. The summed E-state index contributed by atoms with van der Waals surface area (Å²) in [5.41, 5.74) is 5.43. The van der Waals surface area contributed by atoms with Crippen LogP contribution in [0.15, 0.2) is 60.8 Å². The first-order valence-electron chi connectivity index (χ1n) is 8.95. The largest absolute Gasteiger partial charge is 0.324 e. The molecule has 1 aromatic heterocycles. The van der Waals surface area contributed by atoms with Crippen molar-refractivity contribution >= 4 is 11.6 Å². The first-order valence-corrected chi connectivity index (χ1v) is 8.95. The standard InChI is InChI=1S/C18H17N3.2C2H6/c1-13-8-9-14(2)17(12-13)21-18-19-11-10-16(20-18)15-6-4-3-5-7-15;2*1-2/h3-12H,1-2H3,(H,19,20,21);2*1-2H3. The van der Waals surface area contributed by atoms with Crippen molar-refractivity contribution in [1.82, 2.24) is 9.97 Å². The summed E-state index contributed by atoms with van der Waals surface area (Å²) in [6, 6.07) is 18.3. The maximum atomic E-state index is 4.59. The van der Waals surface area contributed by atoms with Gasteiger partial charge in [0, 0.05) is 17.4 Å². The summed E-state index contributed by atoms with van der Waals surface area (Å²) in [4.78, 5) is 8.90. The van der Waals surface area contributed by atoms with Gasteiger partial charge < -0.3 is 5.32 Å². The van der Waals surface area contributed by atoms with Gasteiger partial charge in [-0.2, -0.15) is 0 Å². The third kappa shape index (κ3) is 6.03. The highest BCUT2D eigenvalue weighted by molar-refractivity contribution is 5.63. The first kappa shape index (κ1) is 20.4. The molecule has 3 aromatic rings. The molecule has 3 heteroatoms. The number of rotatable bonds is 3. The molecule has 1 N–H and O–H groups in total. The second kappa shape index (κ2) is 11.0. The molecule has 25 heavy (non-hydrogen) atoms. The number of benzene rings is 2. The summed E-state index contributed by atoms with van der Waals surface area (Å²) >= 11 is 0. The molecule has 0 spiro atoms. The minimum Gasteiger partial charge on any atom is -0.324 e. The van der Waals surface area contributed by atoms with Crippen LogP contribution in [0.1, 0.15) is 38.8 Å². The van der Waals surface area contributed by atoms with Crippen LogP contribution in [-0.2, 0) is 0 Å². The van der Waals surface area contributed by atoms with E-state index in [4.69, 9.17) is 0 Å². The van der Waals surface area contributed by atoms with Crippen molar-refractivity contribution in [3.8, 4) is 11.3 Å². The zero-order valence-corrected chi connectivity index (χ0v) is 16.2. The number of nitrogens with zero attached hydrogens (tertiary/aromatic N) is 2. The third-order valence-electron chi connectivity index (χ3n) is 3.36. The Morgan fingerprint density at radius 1 is 0.800 bits per heavy atom. The molecule has 0 aliphatic carbocycles. The minimum absolute atomic E-state index is 0.616. The number of hydrogen-bond donors (Lipinski definition) is 1. The molecule has 0 saturated heterocycles. The van der Waals surface area contributed by atoms with Gasteiger partial charge in [0.15, 0.2) is 0 Å². The van der Waals surface area contributed by atoms with Crippen molar-refractivity contribution in [2.75, 3.05) is 5.32 Å². The number of anilines is 2. The minimum atomic E-state index is 0.616. The van der Waals surface area contributed by atoms with E-state index in [-0.39, 0.29) is 0 Å². The van der Waals surface area contributed by atoms with Crippen molar-refractivity contribution in [3.63, 3.8) is 0 Å². The highest BCUT2D eigenvalue weighted by Crippen LogP contribution is 2.22. The van der Waals surface area contributed by atoms with Gasteiger partial charge >= 0.3 is 0 Å². The molecule has 0 bridgehead atoms. The Balaban J connectivity index is 0.000000730. The molecule has 0 saturated carbocycles. The zero-order valence-electron chi connectivity index (χ0n) is 16.2. The highest BCUT2D eigenvalue weighted by atomic mass is 15.1. The van der Waals surface area contributed by atoms with Gasteiger partial charge in [0.1, 0.15) is 0 Å². The lowest BCUT2D eigenvalue weighted by Gasteiger charge is -2.10. The average Bonchev–Trinajstić information content (AvgIpc) is 2.69. The van der Waals surface area contributed by atoms with Gasteiger partial charge in [0.25, 0.3) is 0 Å². The molecule has 3 rings (SSSR count). The van der Waals surface area contributed by atoms with Gasteiger partial charge in [-0.15, -0.1) is 0 Å². The Morgan fingerprint density at radius 3 is 2.16 bits per heavy atom. The van der Waals surface area contributed by atoms with Gasteiger partial charge in [0.05, 0.1) is 5.69 Å². The summed E-state index contributed by atoms with van der Waals surface area (Å²) in [5, 5.41) is 3.30. The van der Waals surface area contributed by atoms with Crippen LogP contribution in [0, 0.1) is 13.8 Å². The SMILES string of the molecule is CC.CC.Cc1ccc(C)c(Nc2nccc(-c3ccccc3)n2)c1. The van der Waals surface area contributed by atoms with E-state index >= 15 is 0 Å². The normalized spacial score (nSPS) is 9.20. The lowest BCUT2D eigenvalue weighted by atomic mass is 10.1. The molecule has 2 aromatic carbocycles. The van der Waals surface area contributed by atoms with Crippen LogP contribution in [0.2, 0.25) is 0 Å². The first-order chi connectivity index (χ1) is 12.2. The molecule has 132 valence electrons. The average molecular weight is 335 g/mol. The molecule has 3 nitrogen and oxygen atoms in total. The molecule has 0 aliphatic rings. The molecular formula is C22H29N3. The number of hydrogen-bond acceptors (Lipinski definition) is 3. The van der Waals surface area contributed by atoms with E-state index in [0.717, 1.165) is 16.9 Å². The van der Waals surface area contributed by atoms with Crippen molar-refractivity contribution in [2.24, 2.45) is 0 Å². The maximum absolute atomic E-state index is 4.59. The number of aromatic nitrogens is 2. The van der Waals surface area contributed by atoms with Crippen molar-refractivity contribution in [3.05, 3.63) is 71.9 Å². The Kier molecular flexibility index (Phi) is 8.94. The third-order valence-corrected chi connectivity index (χ3v) is 3.36.